The molecule has 114 valence electrons. The number of amides is 1. The number of aryl methyl sites for hydroxylation is 2. The highest BCUT2D eigenvalue weighted by atomic mass is 16.5. The molecule has 4 heteroatoms. The van der Waals surface area contributed by atoms with Gasteiger partial charge in [0.25, 0.3) is 5.91 Å². The maximum Gasteiger partial charge on any atom is 0.255 e. The predicted octanol–water partition coefficient (Wildman–Crippen LogP) is 2.86. The number of nitrogens with zero attached hydrogens (tertiary/aromatic N) is 2. The molecule has 0 saturated carbocycles. The van der Waals surface area contributed by atoms with Crippen LogP contribution in [0.4, 0.5) is 0 Å². The molecule has 1 aromatic carbocycles. The zero-order chi connectivity index (χ0) is 15.5. The van der Waals surface area contributed by atoms with Crippen LogP contribution in [0.25, 0.3) is 0 Å². The molecular formula is C18H20N2O2. The highest BCUT2D eigenvalue weighted by Crippen LogP contribution is 2.21. The van der Waals surface area contributed by atoms with Gasteiger partial charge in [-0.3, -0.25) is 9.78 Å². The molecule has 0 unspecified atom stereocenters. The van der Waals surface area contributed by atoms with Gasteiger partial charge < -0.3 is 9.64 Å². The van der Waals surface area contributed by atoms with Crippen LogP contribution in [0.2, 0.25) is 0 Å². The molecule has 0 spiro atoms. The van der Waals surface area contributed by atoms with Crippen molar-refractivity contribution in [3.63, 3.8) is 0 Å². The zero-order valence-corrected chi connectivity index (χ0v) is 13.0. The van der Waals surface area contributed by atoms with E-state index in [2.05, 4.69) is 24.0 Å². The van der Waals surface area contributed by atoms with Gasteiger partial charge in [0.15, 0.2) is 0 Å². The summed E-state index contributed by atoms with van der Waals surface area (Å²) in [7, 11) is 0. The minimum atomic E-state index is 0.0350. The van der Waals surface area contributed by atoms with E-state index < -0.39 is 0 Å². The van der Waals surface area contributed by atoms with E-state index in [-0.39, 0.29) is 12.0 Å². The minimum Gasteiger partial charge on any atom is -0.487 e. The molecule has 1 fully saturated rings. The topological polar surface area (TPSA) is 42.4 Å². The molecule has 1 aromatic heterocycles. The van der Waals surface area contributed by atoms with Crippen LogP contribution in [0.3, 0.4) is 0 Å². The molecule has 2 heterocycles. The second-order valence-corrected chi connectivity index (χ2v) is 5.64. The molecule has 0 atom stereocenters. The first-order valence-corrected chi connectivity index (χ1v) is 7.63. The summed E-state index contributed by atoms with van der Waals surface area (Å²) in [5.41, 5.74) is 2.89. The molecule has 1 saturated heterocycles. The highest BCUT2D eigenvalue weighted by molar-refractivity contribution is 5.95. The lowest BCUT2D eigenvalue weighted by Gasteiger charge is -2.39. The summed E-state index contributed by atoms with van der Waals surface area (Å²) in [4.78, 5) is 18.2. The number of benzene rings is 1. The SMILES string of the molecule is CCc1cccc(OC2CN(C(=O)c3cnccc3C)C2)c1. The third kappa shape index (κ3) is 2.96. The summed E-state index contributed by atoms with van der Waals surface area (Å²) in [6.45, 7) is 5.31. The molecule has 1 aliphatic rings. The van der Waals surface area contributed by atoms with Crippen LogP contribution in [0.5, 0.6) is 5.75 Å². The predicted molar refractivity (Wildman–Crippen MR) is 85.1 cm³/mol. The van der Waals surface area contributed by atoms with Gasteiger partial charge in [-0.2, -0.15) is 0 Å². The second-order valence-electron chi connectivity index (χ2n) is 5.64. The Morgan fingerprint density at radius 2 is 2.18 bits per heavy atom. The standard InChI is InChI=1S/C18H20N2O2/c1-3-14-5-4-6-15(9-14)22-16-11-20(12-16)18(21)17-10-19-8-7-13(17)2/h4-10,16H,3,11-12H2,1-2H3. The molecule has 22 heavy (non-hydrogen) atoms. The van der Waals surface area contributed by atoms with Crippen molar-refractivity contribution in [1.82, 2.24) is 9.88 Å². The number of carbonyl (C=O) groups is 1. The Bertz CT molecular complexity index is 678. The summed E-state index contributed by atoms with van der Waals surface area (Å²) >= 11 is 0. The Kier molecular flexibility index (Phi) is 4.09. The summed E-state index contributed by atoms with van der Waals surface area (Å²) < 4.78 is 5.93. The normalized spacial score (nSPS) is 14.5. The van der Waals surface area contributed by atoms with Gasteiger partial charge in [0.1, 0.15) is 11.9 Å². The lowest BCUT2D eigenvalue weighted by molar-refractivity contribution is 0.0177. The van der Waals surface area contributed by atoms with Crippen molar-refractivity contribution in [2.75, 3.05) is 13.1 Å². The number of carbonyl (C=O) groups excluding carboxylic acids is 1. The van der Waals surface area contributed by atoms with Crippen LogP contribution in [0.1, 0.15) is 28.4 Å². The Morgan fingerprint density at radius 1 is 1.36 bits per heavy atom. The molecular weight excluding hydrogens is 276 g/mol. The van der Waals surface area contributed by atoms with E-state index >= 15 is 0 Å². The van der Waals surface area contributed by atoms with E-state index in [4.69, 9.17) is 4.74 Å². The van der Waals surface area contributed by atoms with Gasteiger partial charge in [-0.15, -0.1) is 0 Å². The maximum absolute atomic E-state index is 12.4. The van der Waals surface area contributed by atoms with Crippen LogP contribution in [0.15, 0.2) is 42.7 Å². The van der Waals surface area contributed by atoms with Gasteiger partial charge in [-0.25, -0.2) is 0 Å². The number of rotatable bonds is 4. The Hall–Kier alpha value is -2.36. The number of hydrogen-bond acceptors (Lipinski definition) is 3. The number of ether oxygens (including phenoxy) is 1. The molecule has 3 rings (SSSR count). The summed E-state index contributed by atoms with van der Waals surface area (Å²) in [5.74, 6) is 0.918. The zero-order valence-electron chi connectivity index (χ0n) is 13.0. The fourth-order valence-corrected chi connectivity index (χ4v) is 2.57. The molecule has 1 amide bonds. The van der Waals surface area contributed by atoms with Crippen LogP contribution < -0.4 is 4.74 Å². The Balaban J connectivity index is 1.58. The first-order chi connectivity index (χ1) is 10.7. The lowest BCUT2D eigenvalue weighted by Crippen LogP contribution is -2.56. The molecule has 0 aliphatic carbocycles. The minimum absolute atomic E-state index is 0.0350. The van der Waals surface area contributed by atoms with Gasteiger partial charge in [0.05, 0.1) is 18.7 Å². The fraction of sp³-hybridized carbons (Fsp3) is 0.333. The number of likely N-dealkylation sites (tertiary alicyclic amines) is 1. The Labute approximate surface area is 130 Å². The van der Waals surface area contributed by atoms with Crippen molar-refractivity contribution in [3.05, 3.63) is 59.4 Å². The molecule has 1 aliphatic heterocycles. The largest absolute Gasteiger partial charge is 0.487 e. The number of pyridine rings is 1. The monoisotopic (exact) mass is 296 g/mol. The van der Waals surface area contributed by atoms with Crippen molar-refractivity contribution in [3.8, 4) is 5.75 Å². The summed E-state index contributed by atoms with van der Waals surface area (Å²) in [6.07, 6.45) is 4.41. The van der Waals surface area contributed by atoms with Crippen molar-refractivity contribution >= 4 is 5.91 Å². The number of hydrogen-bond donors (Lipinski definition) is 0. The van der Waals surface area contributed by atoms with Gasteiger partial charge >= 0.3 is 0 Å². The van der Waals surface area contributed by atoms with Gasteiger partial charge in [-0.1, -0.05) is 19.1 Å². The van der Waals surface area contributed by atoms with Crippen molar-refractivity contribution in [1.29, 1.82) is 0 Å². The summed E-state index contributed by atoms with van der Waals surface area (Å²) in [6, 6.07) is 9.99. The smallest absolute Gasteiger partial charge is 0.255 e. The second kappa shape index (κ2) is 6.18. The third-order valence-electron chi connectivity index (χ3n) is 4.01. The average molecular weight is 296 g/mol. The van der Waals surface area contributed by atoms with E-state index in [1.54, 1.807) is 17.3 Å². The highest BCUT2D eigenvalue weighted by Gasteiger charge is 2.33. The fourth-order valence-electron chi connectivity index (χ4n) is 2.57. The molecule has 0 radical (unpaired) electrons. The van der Waals surface area contributed by atoms with Gasteiger partial charge in [0, 0.05) is 12.4 Å². The quantitative estimate of drug-likeness (QED) is 0.871. The number of aromatic nitrogens is 1. The van der Waals surface area contributed by atoms with Crippen molar-refractivity contribution in [2.45, 2.75) is 26.4 Å². The van der Waals surface area contributed by atoms with Gasteiger partial charge in [0.2, 0.25) is 0 Å². The first-order valence-electron chi connectivity index (χ1n) is 7.63. The van der Waals surface area contributed by atoms with Crippen LogP contribution in [-0.2, 0) is 6.42 Å². The van der Waals surface area contributed by atoms with E-state index in [1.165, 1.54) is 5.56 Å². The van der Waals surface area contributed by atoms with Crippen LogP contribution in [-0.4, -0.2) is 35.0 Å². The molecule has 0 bridgehead atoms. The maximum atomic E-state index is 12.4. The molecule has 2 aromatic rings. The van der Waals surface area contributed by atoms with E-state index in [0.717, 1.165) is 17.7 Å². The Morgan fingerprint density at radius 3 is 2.91 bits per heavy atom. The first kappa shape index (κ1) is 14.6. The van der Waals surface area contributed by atoms with E-state index in [9.17, 15) is 4.79 Å². The molecule has 0 N–H and O–H groups in total. The van der Waals surface area contributed by atoms with Gasteiger partial charge in [-0.05, 0) is 42.7 Å². The summed E-state index contributed by atoms with van der Waals surface area (Å²) in [5, 5.41) is 0. The van der Waals surface area contributed by atoms with E-state index in [1.807, 2.05) is 25.1 Å². The van der Waals surface area contributed by atoms with Crippen LogP contribution >= 0.6 is 0 Å². The van der Waals surface area contributed by atoms with Crippen LogP contribution in [0, 0.1) is 6.92 Å². The average Bonchev–Trinajstić information content (AvgIpc) is 2.50. The lowest BCUT2D eigenvalue weighted by atomic mass is 10.1. The van der Waals surface area contributed by atoms with Crippen molar-refractivity contribution < 1.29 is 9.53 Å². The van der Waals surface area contributed by atoms with Crippen molar-refractivity contribution in [2.24, 2.45) is 0 Å². The third-order valence-corrected chi connectivity index (χ3v) is 4.01. The van der Waals surface area contributed by atoms with E-state index in [0.29, 0.717) is 18.7 Å². The molecule has 4 nitrogen and oxygen atoms in total.